The Morgan fingerprint density at radius 1 is 1.25 bits per heavy atom. The highest BCUT2D eigenvalue weighted by Gasteiger charge is 2.07. The van der Waals surface area contributed by atoms with E-state index >= 15 is 0 Å². The molecule has 4 heteroatoms. The molecule has 2 rings (SSSR count). The third-order valence-electron chi connectivity index (χ3n) is 2.36. The van der Waals surface area contributed by atoms with Crippen LogP contribution in [0.4, 0.5) is 5.69 Å². The van der Waals surface area contributed by atoms with Crippen LogP contribution in [0.15, 0.2) is 30.5 Å². The standard InChI is InChI=1S/C12H16N4/c1-9(2)8-16-12(7-14-15-16)10-3-5-11(13)6-4-10/h3-7,9H,8,13H2,1-2H3. The molecule has 1 heterocycles. The number of anilines is 1. The van der Waals surface area contributed by atoms with Crippen LogP contribution in [-0.4, -0.2) is 15.0 Å². The molecule has 1 aromatic heterocycles. The zero-order valence-electron chi connectivity index (χ0n) is 9.59. The van der Waals surface area contributed by atoms with E-state index in [0.29, 0.717) is 5.92 Å². The van der Waals surface area contributed by atoms with E-state index in [9.17, 15) is 0 Å². The molecule has 0 aliphatic rings. The van der Waals surface area contributed by atoms with Crippen molar-refractivity contribution >= 4 is 5.69 Å². The minimum atomic E-state index is 0.550. The molecule has 2 aromatic rings. The van der Waals surface area contributed by atoms with Crippen LogP contribution in [0.1, 0.15) is 13.8 Å². The van der Waals surface area contributed by atoms with Gasteiger partial charge in [-0.2, -0.15) is 0 Å². The first-order chi connectivity index (χ1) is 7.66. The van der Waals surface area contributed by atoms with Crippen molar-refractivity contribution in [2.75, 3.05) is 5.73 Å². The van der Waals surface area contributed by atoms with Crippen LogP contribution in [0, 0.1) is 5.92 Å². The van der Waals surface area contributed by atoms with Gasteiger partial charge in [0.2, 0.25) is 0 Å². The molecule has 0 atom stereocenters. The average Bonchev–Trinajstić information content (AvgIpc) is 2.66. The molecule has 0 aliphatic heterocycles. The van der Waals surface area contributed by atoms with E-state index in [2.05, 4.69) is 24.2 Å². The van der Waals surface area contributed by atoms with Gasteiger partial charge in [-0.05, 0) is 18.1 Å². The monoisotopic (exact) mass is 216 g/mol. The van der Waals surface area contributed by atoms with Gasteiger partial charge in [0.05, 0.1) is 11.9 Å². The van der Waals surface area contributed by atoms with Crippen molar-refractivity contribution in [3.63, 3.8) is 0 Å². The molecule has 0 fully saturated rings. The van der Waals surface area contributed by atoms with Gasteiger partial charge in [0.15, 0.2) is 0 Å². The molecule has 0 saturated carbocycles. The molecule has 0 spiro atoms. The van der Waals surface area contributed by atoms with Crippen LogP contribution in [0.3, 0.4) is 0 Å². The molecule has 0 aliphatic carbocycles. The zero-order chi connectivity index (χ0) is 11.5. The Labute approximate surface area is 95.1 Å². The molecule has 4 nitrogen and oxygen atoms in total. The Bertz CT molecular complexity index is 456. The lowest BCUT2D eigenvalue weighted by molar-refractivity contribution is 0.475. The largest absolute Gasteiger partial charge is 0.399 e. The molecule has 0 amide bonds. The van der Waals surface area contributed by atoms with Crippen LogP contribution < -0.4 is 5.73 Å². The fourth-order valence-corrected chi connectivity index (χ4v) is 1.62. The smallest absolute Gasteiger partial charge is 0.0885 e. The first kappa shape index (κ1) is 10.7. The van der Waals surface area contributed by atoms with Crippen LogP contribution >= 0.6 is 0 Å². The fourth-order valence-electron chi connectivity index (χ4n) is 1.62. The molecule has 16 heavy (non-hydrogen) atoms. The number of aromatic nitrogens is 3. The number of nitrogen functional groups attached to an aromatic ring is 1. The predicted molar refractivity (Wildman–Crippen MR) is 64.7 cm³/mol. The summed E-state index contributed by atoms with van der Waals surface area (Å²) in [7, 11) is 0. The van der Waals surface area contributed by atoms with E-state index in [1.807, 2.05) is 28.9 Å². The van der Waals surface area contributed by atoms with E-state index in [1.165, 1.54) is 0 Å². The Morgan fingerprint density at radius 3 is 2.56 bits per heavy atom. The van der Waals surface area contributed by atoms with Crippen LogP contribution in [-0.2, 0) is 6.54 Å². The Balaban J connectivity index is 2.33. The fraction of sp³-hybridized carbons (Fsp3) is 0.333. The van der Waals surface area contributed by atoms with Crippen molar-refractivity contribution in [2.24, 2.45) is 5.92 Å². The first-order valence-corrected chi connectivity index (χ1v) is 5.41. The van der Waals surface area contributed by atoms with Gasteiger partial charge in [0, 0.05) is 17.8 Å². The molecular weight excluding hydrogens is 200 g/mol. The quantitative estimate of drug-likeness (QED) is 0.800. The maximum atomic E-state index is 5.66. The number of nitrogens with zero attached hydrogens (tertiary/aromatic N) is 3. The highest BCUT2D eigenvalue weighted by molar-refractivity contribution is 5.61. The van der Waals surface area contributed by atoms with Crippen molar-refractivity contribution in [2.45, 2.75) is 20.4 Å². The van der Waals surface area contributed by atoms with Gasteiger partial charge in [-0.15, -0.1) is 5.10 Å². The summed E-state index contributed by atoms with van der Waals surface area (Å²) in [5, 5.41) is 8.05. The van der Waals surface area contributed by atoms with Crippen molar-refractivity contribution in [3.8, 4) is 11.3 Å². The summed E-state index contributed by atoms with van der Waals surface area (Å²) in [6, 6.07) is 7.76. The van der Waals surface area contributed by atoms with Gasteiger partial charge >= 0.3 is 0 Å². The van der Waals surface area contributed by atoms with Crippen molar-refractivity contribution in [1.82, 2.24) is 15.0 Å². The predicted octanol–water partition coefficient (Wildman–Crippen LogP) is 2.18. The summed E-state index contributed by atoms with van der Waals surface area (Å²) >= 11 is 0. The number of hydrogen-bond acceptors (Lipinski definition) is 3. The van der Waals surface area contributed by atoms with E-state index in [-0.39, 0.29) is 0 Å². The number of rotatable bonds is 3. The zero-order valence-corrected chi connectivity index (χ0v) is 9.59. The van der Waals surface area contributed by atoms with E-state index in [4.69, 9.17) is 5.73 Å². The first-order valence-electron chi connectivity index (χ1n) is 5.41. The molecule has 0 saturated heterocycles. The Morgan fingerprint density at radius 2 is 1.94 bits per heavy atom. The summed E-state index contributed by atoms with van der Waals surface area (Å²) in [6.07, 6.45) is 1.79. The third-order valence-corrected chi connectivity index (χ3v) is 2.36. The normalized spacial score (nSPS) is 10.9. The summed E-state index contributed by atoms with van der Waals surface area (Å²) in [4.78, 5) is 0. The van der Waals surface area contributed by atoms with E-state index < -0.39 is 0 Å². The minimum absolute atomic E-state index is 0.550. The summed E-state index contributed by atoms with van der Waals surface area (Å²) in [6.45, 7) is 5.20. The van der Waals surface area contributed by atoms with E-state index in [1.54, 1.807) is 6.20 Å². The second kappa shape index (κ2) is 4.35. The number of hydrogen-bond donors (Lipinski definition) is 1. The summed E-state index contributed by atoms with van der Waals surface area (Å²) in [5.74, 6) is 0.550. The highest BCUT2D eigenvalue weighted by atomic mass is 15.4. The second-order valence-electron chi connectivity index (χ2n) is 4.32. The Hall–Kier alpha value is -1.84. The van der Waals surface area contributed by atoms with Gasteiger partial charge in [-0.3, -0.25) is 0 Å². The van der Waals surface area contributed by atoms with E-state index in [0.717, 1.165) is 23.5 Å². The van der Waals surface area contributed by atoms with Gasteiger partial charge in [-0.25, -0.2) is 4.68 Å². The van der Waals surface area contributed by atoms with Gasteiger partial charge in [0.25, 0.3) is 0 Å². The maximum absolute atomic E-state index is 5.66. The molecule has 84 valence electrons. The Kier molecular flexibility index (Phi) is 2.90. The van der Waals surface area contributed by atoms with Gasteiger partial charge in [-0.1, -0.05) is 31.2 Å². The third kappa shape index (κ3) is 2.21. The number of benzene rings is 1. The lowest BCUT2D eigenvalue weighted by atomic mass is 10.1. The van der Waals surface area contributed by atoms with Crippen LogP contribution in [0.2, 0.25) is 0 Å². The molecular formula is C12H16N4. The summed E-state index contributed by atoms with van der Waals surface area (Å²) in [5.41, 5.74) is 8.56. The minimum Gasteiger partial charge on any atom is -0.399 e. The van der Waals surface area contributed by atoms with Crippen molar-refractivity contribution in [1.29, 1.82) is 0 Å². The van der Waals surface area contributed by atoms with Gasteiger partial charge < -0.3 is 5.73 Å². The van der Waals surface area contributed by atoms with Crippen LogP contribution in [0.25, 0.3) is 11.3 Å². The van der Waals surface area contributed by atoms with Crippen LogP contribution in [0.5, 0.6) is 0 Å². The number of nitrogens with two attached hydrogens (primary N) is 1. The SMILES string of the molecule is CC(C)Cn1nncc1-c1ccc(N)cc1. The lowest BCUT2D eigenvalue weighted by Gasteiger charge is -2.08. The molecule has 0 unspecified atom stereocenters. The molecule has 2 N–H and O–H groups in total. The average molecular weight is 216 g/mol. The van der Waals surface area contributed by atoms with Crippen molar-refractivity contribution < 1.29 is 0 Å². The van der Waals surface area contributed by atoms with Gasteiger partial charge in [0.1, 0.15) is 0 Å². The van der Waals surface area contributed by atoms with Crippen molar-refractivity contribution in [3.05, 3.63) is 30.5 Å². The lowest BCUT2D eigenvalue weighted by Crippen LogP contribution is -2.07. The molecule has 1 aromatic carbocycles. The highest BCUT2D eigenvalue weighted by Crippen LogP contribution is 2.19. The topological polar surface area (TPSA) is 56.7 Å². The second-order valence-corrected chi connectivity index (χ2v) is 4.32. The maximum Gasteiger partial charge on any atom is 0.0885 e. The molecule has 0 bridgehead atoms. The summed E-state index contributed by atoms with van der Waals surface area (Å²) < 4.78 is 1.93. The molecule has 0 radical (unpaired) electrons.